The van der Waals surface area contributed by atoms with Crippen LogP contribution < -0.4 is 20.5 Å². The molecular formula is C25H26ClF3N4O4. The normalized spacial score (nSPS) is 19.2. The van der Waals surface area contributed by atoms with Gasteiger partial charge in [0.2, 0.25) is 5.91 Å². The van der Waals surface area contributed by atoms with Crippen LogP contribution in [0.25, 0.3) is 0 Å². The number of halogens is 4. The van der Waals surface area contributed by atoms with Crippen LogP contribution in [0, 0.1) is 5.92 Å². The molecule has 0 bridgehead atoms. The summed E-state index contributed by atoms with van der Waals surface area (Å²) in [6.07, 6.45) is -3.98. The van der Waals surface area contributed by atoms with Crippen molar-refractivity contribution in [1.29, 1.82) is 0 Å². The number of alkyl carbamates (subject to hydrolysis) is 1. The Labute approximate surface area is 216 Å². The summed E-state index contributed by atoms with van der Waals surface area (Å²) in [7, 11) is 0. The first-order valence-corrected chi connectivity index (χ1v) is 11.8. The molecule has 1 fully saturated rings. The predicted molar refractivity (Wildman–Crippen MR) is 130 cm³/mol. The van der Waals surface area contributed by atoms with Gasteiger partial charge in [0.25, 0.3) is 0 Å². The highest BCUT2D eigenvalue weighted by atomic mass is 35.5. The van der Waals surface area contributed by atoms with E-state index in [1.54, 1.807) is 62.3 Å². The molecule has 198 valence electrons. The first-order valence-electron chi connectivity index (χ1n) is 11.4. The van der Waals surface area contributed by atoms with Crippen molar-refractivity contribution in [3.8, 4) is 5.75 Å². The third kappa shape index (κ3) is 6.40. The van der Waals surface area contributed by atoms with Gasteiger partial charge in [0.05, 0.1) is 11.7 Å². The average molecular weight is 539 g/mol. The van der Waals surface area contributed by atoms with Gasteiger partial charge in [-0.05, 0) is 50.6 Å². The van der Waals surface area contributed by atoms with Crippen LogP contribution >= 0.6 is 11.6 Å². The number of para-hydroxylation sites is 2. The van der Waals surface area contributed by atoms with Crippen LogP contribution in [-0.2, 0) is 9.53 Å². The highest BCUT2D eigenvalue weighted by molar-refractivity contribution is 6.30. The number of fused-ring (bicyclic) bond motifs is 1. The van der Waals surface area contributed by atoms with Gasteiger partial charge >= 0.3 is 12.5 Å². The standard InChI is InChI=1S/C25H26ClF3N4O4/c1-24(2,3)37-23(35)30-12-21(34)32-13-17-18(14-32)31-33(22(17)15-8-10-16(26)11-9-15)19-6-4-5-7-20(19)36-25(27,28)29/h4-11,14,17,22,31H,12-13H2,1-3H3,(H,30,35). The second-order valence-corrected chi connectivity index (χ2v) is 10.0. The van der Waals surface area contributed by atoms with E-state index in [1.165, 1.54) is 23.1 Å². The Balaban J connectivity index is 1.58. The maximum atomic E-state index is 13.1. The van der Waals surface area contributed by atoms with E-state index in [2.05, 4.69) is 15.5 Å². The van der Waals surface area contributed by atoms with Crippen LogP contribution in [-0.4, -0.2) is 42.0 Å². The SMILES string of the molecule is CC(C)(C)OC(=O)NCC(=O)N1C=C2NN(c3ccccc3OC(F)(F)F)C(c3ccc(Cl)cc3)C2C1. The fourth-order valence-electron chi connectivity index (χ4n) is 4.25. The molecule has 4 rings (SSSR count). The Hall–Kier alpha value is -3.60. The minimum Gasteiger partial charge on any atom is -0.444 e. The Bertz CT molecular complexity index is 1200. The number of carbonyl (C=O) groups excluding carboxylic acids is 2. The van der Waals surface area contributed by atoms with Crippen molar-refractivity contribution in [3.05, 3.63) is 71.0 Å². The van der Waals surface area contributed by atoms with Crippen molar-refractivity contribution < 1.29 is 32.2 Å². The number of hydrazine groups is 1. The number of nitrogens with one attached hydrogen (secondary N) is 2. The number of ether oxygens (including phenoxy) is 2. The molecule has 0 saturated carbocycles. The number of hydrogen-bond acceptors (Lipinski definition) is 6. The Kier molecular flexibility index (Phi) is 7.18. The first kappa shape index (κ1) is 26.5. The fourth-order valence-corrected chi connectivity index (χ4v) is 4.38. The van der Waals surface area contributed by atoms with Crippen molar-refractivity contribution >= 4 is 29.3 Å². The van der Waals surface area contributed by atoms with E-state index in [0.717, 1.165) is 5.56 Å². The van der Waals surface area contributed by atoms with Gasteiger partial charge in [-0.3, -0.25) is 15.2 Å². The zero-order valence-electron chi connectivity index (χ0n) is 20.3. The molecule has 0 spiro atoms. The number of benzene rings is 2. The van der Waals surface area contributed by atoms with Crippen LogP contribution in [0.4, 0.5) is 23.7 Å². The lowest BCUT2D eigenvalue weighted by Crippen LogP contribution is -2.41. The molecule has 12 heteroatoms. The molecule has 1 saturated heterocycles. The number of alkyl halides is 3. The molecule has 2 aliphatic rings. The van der Waals surface area contributed by atoms with E-state index in [-0.39, 0.29) is 36.4 Å². The van der Waals surface area contributed by atoms with Crippen molar-refractivity contribution in [2.45, 2.75) is 38.8 Å². The van der Waals surface area contributed by atoms with Gasteiger partial charge in [-0.15, -0.1) is 13.2 Å². The number of rotatable bonds is 5. The highest BCUT2D eigenvalue weighted by Crippen LogP contribution is 2.46. The molecule has 2 amide bonds. The summed E-state index contributed by atoms with van der Waals surface area (Å²) < 4.78 is 48.7. The summed E-state index contributed by atoms with van der Waals surface area (Å²) in [6, 6.07) is 12.3. The first-order chi connectivity index (χ1) is 17.3. The summed E-state index contributed by atoms with van der Waals surface area (Å²) >= 11 is 6.06. The average Bonchev–Trinajstić information content (AvgIpc) is 3.34. The molecule has 2 aliphatic heterocycles. The Morgan fingerprint density at radius 2 is 1.78 bits per heavy atom. The number of nitrogens with zero attached hydrogens (tertiary/aromatic N) is 2. The Morgan fingerprint density at radius 1 is 1.11 bits per heavy atom. The largest absolute Gasteiger partial charge is 0.573 e. The molecule has 37 heavy (non-hydrogen) atoms. The fraction of sp³-hybridized carbons (Fsp3) is 0.360. The minimum atomic E-state index is -4.87. The lowest BCUT2D eigenvalue weighted by Gasteiger charge is -2.31. The zero-order chi connectivity index (χ0) is 27.0. The maximum absolute atomic E-state index is 13.1. The third-order valence-electron chi connectivity index (χ3n) is 5.66. The second-order valence-electron chi connectivity index (χ2n) is 9.59. The van der Waals surface area contributed by atoms with Crippen LogP contribution in [0.3, 0.4) is 0 Å². The molecular weight excluding hydrogens is 513 g/mol. The van der Waals surface area contributed by atoms with Gasteiger partial charge in [0.1, 0.15) is 17.8 Å². The summed E-state index contributed by atoms with van der Waals surface area (Å²) in [5.74, 6) is -1.03. The smallest absolute Gasteiger partial charge is 0.444 e. The molecule has 2 heterocycles. The van der Waals surface area contributed by atoms with Gasteiger partial charge in [-0.25, -0.2) is 4.79 Å². The van der Waals surface area contributed by atoms with E-state index < -0.39 is 24.1 Å². The lowest BCUT2D eigenvalue weighted by molar-refractivity contribution is -0.274. The van der Waals surface area contributed by atoms with E-state index in [1.807, 2.05) is 0 Å². The molecule has 2 N–H and O–H groups in total. The number of carbonyl (C=O) groups is 2. The molecule has 2 aromatic rings. The summed E-state index contributed by atoms with van der Waals surface area (Å²) in [5, 5.41) is 4.55. The van der Waals surface area contributed by atoms with Crippen LogP contribution in [0.5, 0.6) is 5.75 Å². The zero-order valence-corrected chi connectivity index (χ0v) is 21.1. The van der Waals surface area contributed by atoms with Gasteiger partial charge in [-0.2, -0.15) is 0 Å². The summed E-state index contributed by atoms with van der Waals surface area (Å²) in [6.45, 7) is 5.11. The van der Waals surface area contributed by atoms with Crippen LogP contribution in [0.1, 0.15) is 32.4 Å². The van der Waals surface area contributed by atoms with Crippen molar-refractivity contribution in [2.75, 3.05) is 18.1 Å². The molecule has 0 aliphatic carbocycles. The van der Waals surface area contributed by atoms with Gasteiger partial charge < -0.3 is 19.7 Å². The number of anilines is 1. The van der Waals surface area contributed by atoms with Gasteiger partial charge in [-0.1, -0.05) is 35.9 Å². The summed E-state index contributed by atoms with van der Waals surface area (Å²) in [4.78, 5) is 26.2. The minimum absolute atomic E-state index is 0.180. The predicted octanol–water partition coefficient (Wildman–Crippen LogP) is 5.13. The van der Waals surface area contributed by atoms with E-state index >= 15 is 0 Å². The van der Waals surface area contributed by atoms with E-state index in [0.29, 0.717) is 10.7 Å². The molecule has 0 aromatic heterocycles. The molecule has 2 aromatic carbocycles. The van der Waals surface area contributed by atoms with Crippen molar-refractivity contribution in [1.82, 2.24) is 15.6 Å². The van der Waals surface area contributed by atoms with Gasteiger partial charge in [0, 0.05) is 23.7 Å². The van der Waals surface area contributed by atoms with E-state index in [4.69, 9.17) is 16.3 Å². The van der Waals surface area contributed by atoms with Crippen molar-refractivity contribution in [3.63, 3.8) is 0 Å². The van der Waals surface area contributed by atoms with E-state index in [9.17, 15) is 22.8 Å². The Morgan fingerprint density at radius 3 is 2.43 bits per heavy atom. The lowest BCUT2D eigenvalue weighted by atomic mass is 9.93. The van der Waals surface area contributed by atoms with Crippen LogP contribution in [0.15, 0.2) is 60.4 Å². The van der Waals surface area contributed by atoms with Crippen LogP contribution in [0.2, 0.25) is 5.02 Å². The third-order valence-corrected chi connectivity index (χ3v) is 5.91. The topological polar surface area (TPSA) is 83.1 Å². The quantitative estimate of drug-likeness (QED) is 0.549. The summed E-state index contributed by atoms with van der Waals surface area (Å²) in [5.41, 5.74) is 4.03. The monoisotopic (exact) mass is 538 g/mol. The number of hydrogen-bond donors (Lipinski definition) is 2. The maximum Gasteiger partial charge on any atom is 0.573 e. The van der Waals surface area contributed by atoms with Crippen molar-refractivity contribution in [2.24, 2.45) is 5.92 Å². The molecule has 2 atom stereocenters. The molecule has 8 nitrogen and oxygen atoms in total. The molecule has 2 unspecified atom stereocenters. The number of amides is 2. The second kappa shape index (κ2) is 10.0. The molecule has 0 radical (unpaired) electrons. The van der Waals surface area contributed by atoms with Gasteiger partial charge in [0.15, 0.2) is 5.75 Å². The highest BCUT2D eigenvalue weighted by Gasteiger charge is 2.45.